The molecule has 51 heavy (non-hydrogen) atoms. The van der Waals surface area contributed by atoms with Crippen LogP contribution in [0.3, 0.4) is 0 Å². The van der Waals surface area contributed by atoms with Crippen molar-refractivity contribution in [2.24, 2.45) is 0 Å². The lowest BCUT2D eigenvalue weighted by Gasteiger charge is -2.33. The Morgan fingerprint density at radius 1 is 1.08 bits per heavy atom. The topological polar surface area (TPSA) is 174 Å². The van der Waals surface area contributed by atoms with Gasteiger partial charge in [0.1, 0.15) is 11.0 Å². The van der Waals surface area contributed by atoms with E-state index in [1.54, 1.807) is 30.5 Å². The van der Waals surface area contributed by atoms with Crippen LogP contribution < -0.4 is 14.2 Å². The fourth-order valence-electron chi connectivity index (χ4n) is 5.65. The number of aromatic amines is 1. The quantitative estimate of drug-likeness (QED) is 0.0903. The molecule has 1 saturated heterocycles. The van der Waals surface area contributed by atoms with E-state index in [2.05, 4.69) is 19.6 Å². The van der Waals surface area contributed by atoms with Crippen LogP contribution in [0.4, 0.5) is 13.2 Å². The summed E-state index contributed by atoms with van der Waals surface area (Å²) in [5, 5.41) is 5.80. The van der Waals surface area contributed by atoms with Gasteiger partial charge in [-0.15, -0.1) is 10.8 Å². The van der Waals surface area contributed by atoms with Crippen molar-refractivity contribution in [3.63, 3.8) is 0 Å². The molecule has 12 nitrogen and oxygen atoms in total. The number of benzene rings is 3. The van der Waals surface area contributed by atoms with Crippen molar-refractivity contribution in [3.05, 3.63) is 101 Å². The summed E-state index contributed by atoms with van der Waals surface area (Å²) in [5.74, 6) is -2.17. The molecule has 0 spiro atoms. The Hall–Kier alpha value is -4.13. The average molecular weight is 770 g/mol. The van der Waals surface area contributed by atoms with Gasteiger partial charge in [0.15, 0.2) is 0 Å². The third-order valence-corrected chi connectivity index (χ3v) is 11.6. The Morgan fingerprint density at radius 3 is 2.45 bits per heavy atom. The Labute approximate surface area is 298 Å². The van der Waals surface area contributed by atoms with Gasteiger partial charge in [-0.05, 0) is 66.8 Å². The van der Waals surface area contributed by atoms with E-state index in [4.69, 9.17) is 16.3 Å². The Kier molecular flexibility index (Phi) is 12.0. The van der Waals surface area contributed by atoms with Crippen molar-refractivity contribution in [3.8, 4) is 17.0 Å². The molecule has 2 amide bonds. The molecule has 1 aliphatic heterocycles. The second kappa shape index (κ2) is 16.0. The first-order valence-electron chi connectivity index (χ1n) is 15.6. The van der Waals surface area contributed by atoms with Gasteiger partial charge < -0.3 is 9.64 Å². The lowest BCUT2D eigenvalue weighted by molar-refractivity contribution is -0.185. The SMILES string of the molecule is O=C1CC(c2ccc(CC(CN(CCCCOc3ccccc3-c3ccn[nH]3)C(=O)C(F)(F)F)NS(=O)(=O)c3ccccc3)cc2Cl)S(O)(O)N1. The summed E-state index contributed by atoms with van der Waals surface area (Å²) in [4.78, 5) is 24.9. The number of aromatic nitrogens is 2. The number of amides is 2. The molecule has 2 atom stereocenters. The summed E-state index contributed by atoms with van der Waals surface area (Å²) in [6, 6.07) is 19.3. The molecular formula is C33H35ClF3N5O7S2. The number of H-pyrrole nitrogens is 1. The van der Waals surface area contributed by atoms with Crippen LogP contribution in [0.1, 0.15) is 35.6 Å². The zero-order chi connectivity index (χ0) is 36.8. The number of nitrogens with zero attached hydrogens (tertiary/aromatic N) is 2. The molecule has 2 heterocycles. The predicted octanol–water partition coefficient (Wildman–Crippen LogP) is 6.10. The summed E-state index contributed by atoms with van der Waals surface area (Å²) >= 11 is 6.48. The van der Waals surface area contributed by atoms with E-state index in [-0.39, 0.29) is 54.3 Å². The summed E-state index contributed by atoms with van der Waals surface area (Å²) in [5.41, 5.74) is 2.09. The standard InChI is InChI=1S/C33H35ClF3N5O7S2/c34-27-19-22(12-13-25(27)30-20-31(43)41-51(30,47)48)18-23(40-50(45,46)24-8-2-1-3-9-24)21-42(32(44)33(35,36)37)16-6-7-17-49-29-11-5-4-10-26(29)28-14-15-38-39-28/h1-5,8-15,19,23,30,40,47-48H,6-7,16-18,20-21H2,(H,38,39)(H,41,43). The van der Waals surface area contributed by atoms with Gasteiger partial charge in [-0.3, -0.25) is 28.5 Å². The lowest BCUT2D eigenvalue weighted by atomic mass is 10.0. The van der Waals surface area contributed by atoms with Gasteiger partial charge in [0.25, 0.3) is 0 Å². The maximum Gasteiger partial charge on any atom is 0.471 e. The van der Waals surface area contributed by atoms with Crippen LogP contribution in [0.2, 0.25) is 5.02 Å². The largest absolute Gasteiger partial charge is 0.493 e. The van der Waals surface area contributed by atoms with E-state index in [1.165, 1.54) is 42.5 Å². The van der Waals surface area contributed by atoms with Crippen LogP contribution in [0.15, 0.2) is 90.0 Å². The molecular weight excluding hydrogens is 735 g/mol. The highest BCUT2D eigenvalue weighted by Gasteiger charge is 2.43. The van der Waals surface area contributed by atoms with Gasteiger partial charge in [-0.2, -0.15) is 18.3 Å². The highest BCUT2D eigenvalue weighted by atomic mass is 35.5. The van der Waals surface area contributed by atoms with Gasteiger partial charge >= 0.3 is 12.1 Å². The fraction of sp³-hybridized carbons (Fsp3) is 0.303. The van der Waals surface area contributed by atoms with Crippen LogP contribution in [0, 0.1) is 0 Å². The smallest absolute Gasteiger partial charge is 0.471 e. The number of carbonyl (C=O) groups excluding carboxylic acids is 2. The number of halogens is 4. The van der Waals surface area contributed by atoms with Crippen molar-refractivity contribution in [2.75, 3.05) is 19.7 Å². The number of hydrogen-bond donors (Lipinski definition) is 5. The predicted molar refractivity (Wildman–Crippen MR) is 185 cm³/mol. The zero-order valence-corrected chi connectivity index (χ0v) is 29.2. The van der Waals surface area contributed by atoms with Gasteiger partial charge in [0.2, 0.25) is 15.9 Å². The molecule has 0 bridgehead atoms. The number of unbranched alkanes of at least 4 members (excludes halogenated alkanes) is 1. The molecule has 5 N–H and O–H groups in total. The second-order valence-corrected chi connectivity index (χ2v) is 15.9. The molecule has 0 aliphatic carbocycles. The van der Waals surface area contributed by atoms with Crippen molar-refractivity contribution in [2.45, 2.75) is 48.0 Å². The number of alkyl halides is 3. The normalized spacial score (nSPS) is 17.1. The third-order valence-electron chi connectivity index (χ3n) is 8.03. The summed E-state index contributed by atoms with van der Waals surface area (Å²) in [6.45, 7) is -0.872. The average Bonchev–Trinajstić information content (AvgIpc) is 3.70. The van der Waals surface area contributed by atoms with Crippen LogP contribution in [0.25, 0.3) is 11.3 Å². The Balaban J connectivity index is 1.33. The van der Waals surface area contributed by atoms with Gasteiger partial charge in [0.05, 0.1) is 23.6 Å². The van der Waals surface area contributed by atoms with E-state index < -0.39 is 56.6 Å². The molecule has 0 saturated carbocycles. The molecule has 1 aliphatic rings. The molecule has 5 rings (SSSR count). The lowest BCUT2D eigenvalue weighted by Crippen LogP contribution is -2.50. The van der Waals surface area contributed by atoms with E-state index in [0.717, 1.165) is 5.56 Å². The molecule has 1 aromatic heterocycles. The number of sulfonamides is 1. The van der Waals surface area contributed by atoms with Gasteiger partial charge in [0, 0.05) is 35.9 Å². The Morgan fingerprint density at radius 2 is 1.80 bits per heavy atom. The highest BCUT2D eigenvalue weighted by Crippen LogP contribution is 2.57. The van der Waals surface area contributed by atoms with Crippen LogP contribution in [0.5, 0.6) is 5.75 Å². The first-order chi connectivity index (χ1) is 24.1. The highest BCUT2D eigenvalue weighted by molar-refractivity contribution is 8.23. The van der Waals surface area contributed by atoms with Crippen LogP contribution >= 0.6 is 22.4 Å². The monoisotopic (exact) mass is 769 g/mol. The van der Waals surface area contributed by atoms with Gasteiger partial charge in [-0.1, -0.05) is 54.1 Å². The van der Waals surface area contributed by atoms with E-state index in [9.17, 15) is 40.3 Å². The van der Waals surface area contributed by atoms with E-state index >= 15 is 0 Å². The molecule has 18 heteroatoms. The molecule has 1 fully saturated rings. The maximum atomic E-state index is 13.8. The van der Waals surface area contributed by atoms with Crippen molar-refractivity contribution >= 4 is 44.2 Å². The molecule has 4 aromatic rings. The van der Waals surface area contributed by atoms with Crippen LogP contribution in [-0.2, 0) is 26.0 Å². The molecule has 0 radical (unpaired) electrons. The number of para-hydroxylation sites is 1. The number of carbonyl (C=O) groups is 2. The van der Waals surface area contributed by atoms with Crippen LogP contribution in [-0.4, -0.2) is 76.3 Å². The third kappa shape index (κ3) is 9.81. The zero-order valence-electron chi connectivity index (χ0n) is 26.8. The number of rotatable bonds is 15. The van der Waals surface area contributed by atoms with E-state index in [1.807, 2.05) is 12.1 Å². The molecule has 274 valence electrons. The Bertz CT molecular complexity index is 1930. The van der Waals surface area contributed by atoms with Gasteiger partial charge in [-0.25, -0.2) is 13.1 Å². The van der Waals surface area contributed by atoms with Crippen molar-refractivity contribution in [1.29, 1.82) is 0 Å². The fourth-order valence-corrected chi connectivity index (χ4v) is 8.81. The minimum absolute atomic E-state index is 0.0379. The molecule has 2 unspecified atom stereocenters. The first kappa shape index (κ1) is 38.1. The number of hydrogen-bond acceptors (Lipinski definition) is 8. The summed E-state index contributed by atoms with van der Waals surface area (Å²) in [6.07, 6.45) is -3.69. The van der Waals surface area contributed by atoms with Crippen molar-refractivity contribution < 1.29 is 45.0 Å². The minimum atomic E-state index is -5.23. The van der Waals surface area contributed by atoms with E-state index in [0.29, 0.717) is 21.9 Å². The van der Waals surface area contributed by atoms with Crippen molar-refractivity contribution in [1.82, 2.24) is 24.5 Å². The first-order valence-corrected chi connectivity index (χ1v) is 19.1. The second-order valence-electron chi connectivity index (χ2n) is 11.8. The maximum absolute atomic E-state index is 13.8. The number of nitrogens with one attached hydrogen (secondary N) is 3. The summed E-state index contributed by atoms with van der Waals surface area (Å²) < 4.78 is 99.3. The minimum Gasteiger partial charge on any atom is -0.493 e. The summed E-state index contributed by atoms with van der Waals surface area (Å²) in [7, 11) is -7.78. The molecule has 3 aromatic carbocycles. The number of ether oxygens (including phenoxy) is 1.